The lowest BCUT2D eigenvalue weighted by Gasteiger charge is -2.10. The van der Waals surface area contributed by atoms with Gasteiger partial charge in [-0.05, 0) is 31.5 Å². The van der Waals surface area contributed by atoms with Gasteiger partial charge >= 0.3 is 0 Å². The number of carbonyl (C=O) groups excluding carboxylic acids is 1. The summed E-state index contributed by atoms with van der Waals surface area (Å²) >= 11 is 0. The second-order valence-corrected chi connectivity index (χ2v) is 4.80. The lowest BCUT2D eigenvalue weighted by Crippen LogP contribution is -2.14. The van der Waals surface area contributed by atoms with Gasteiger partial charge in [0, 0.05) is 30.9 Å². The normalized spacial score (nSPS) is 10.4. The van der Waals surface area contributed by atoms with Crippen molar-refractivity contribution in [1.29, 1.82) is 0 Å². The number of aromatic nitrogens is 2. The molecule has 1 aromatic carbocycles. The summed E-state index contributed by atoms with van der Waals surface area (Å²) in [6, 6.07) is 7.13. The molecule has 0 saturated heterocycles. The van der Waals surface area contributed by atoms with Gasteiger partial charge in [0.25, 0.3) is 0 Å². The monoisotopic (exact) mass is 288 g/mol. The highest BCUT2D eigenvalue weighted by atomic mass is 16.5. The zero-order valence-electron chi connectivity index (χ0n) is 12.3. The van der Waals surface area contributed by atoms with E-state index in [1.165, 1.54) is 0 Å². The fraction of sp³-hybridized carbons (Fsp3) is 0.333. The molecule has 3 N–H and O–H groups in total. The first-order valence-electron chi connectivity index (χ1n) is 6.82. The third-order valence-electron chi connectivity index (χ3n) is 3.24. The number of amides is 1. The molecule has 1 heterocycles. The largest absolute Gasteiger partial charge is 0.497 e. The van der Waals surface area contributed by atoms with Crippen LogP contribution in [0.3, 0.4) is 0 Å². The number of anilines is 2. The highest BCUT2D eigenvalue weighted by Gasteiger charge is 2.07. The van der Waals surface area contributed by atoms with Crippen molar-refractivity contribution in [2.75, 3.05) is 18.2 Å². The van der Waals surface area contributed by atoms with Gasteiger partial charge in [-0.3, -0.25) is 9.48 Å². The van der Waals surface area contributed by atoms with Gasteiger partial charge in [0.2, 0.25) is 5.91 Å². The van der Waals surface area contributed by atoms with Crippen molar-refractivity contribution in [3.8, 4) is 5.75 Å². The first-order chi connectivity index (χ1) is 10.1. The molecule has 0 aliphatic rings. The van der Waals surface area contributed by atoms with Gasteiger partial charge in [-0.25, -0.2) is 0 Å². The van der Waals surface area contributed by atoms with E-state index in [-0.39, 0.29) is 5.91 Å². The number of aryl methyl sites for hydroxylation is 2. The Morgan fingerprint density at radius 3 is 2.86 bits per heavy atom. The Morgan fingerprint density at radius 1 is 1.43 bits per heavy atom. The molecule has 6 nitrogen and oxygen atoms in total. The molecule has 0 atom stereocenters. The molecule has 0 aliphatic heterocycles. The van der Waals surface area contributed by atoms with Crippen LogP contribution in [0, 0.1) is 6.92 Å². The summed E-state index contributed by atoms with van der Waals surface area (Å²) in [4.78, 5) is 11.9. The fourth-order valence-electron chi connectivity index (χ4n) is 2.02. The van der Waals surface area contributed by atoms with Crippen LogP contribution < -0.4 is 15.8 Å². The topological polar surface area (TPSA) is 82.2 Å². The summed E-state index contributed by atoms with van der Waals surface area (Å²) in [5, 5.41) is 6.99. The molecule has 2 rings (SSSR count). The first-order valence-corrected chi connectivity index (χ1v) is 6.82. The Labute approximate surface area is 123 Å². The molecule has 0 aliphatic carbocycles. The lowest BCUT2D eigenvalue weighted by molar-refractivity contribution is -0.116. The van der Waals surface area contributed by atoms with Gasteiger partial charge < -0.3 is 15.8 Å². The number of rotatable bonds is 6. The van der Waals surface area contributed by atoms with E-state index in [1.807, 2.05) is 17.7 Å². The number of nitrogens with one attached hydrogen (secondary N) is 1. The molecule has 2 aromatic rings. The average Bonchev–Trinajstić information content (AvgIpc) is 2.87. The van der Waals surface area contributed by atoms with Crippen molar-refractivity contribution in [3.63, 3.8) is 0 Å². The Kier molecular flexibility index (Phi) is 4.81. The van der Waals surface area contributed by atoms with Gasteiger partial charge in [0.15, 0.2) is 0 Å². The van der Waals surface area contributed by atoms with E-state index < -0.39 is 0 Å². The number of hydrogen-bond donors (Lipinski definition) is 2. The first kappa shape index (κ1) is 14.9. The van der Waals surface area contributed by atoms with E-state index in [1.54, 1.807) is 31.5 Å². The van der Waals surface area contributed by atoms with Crippen LogP contribution in [0.1, 0.15) is 18.5 Å². The number of ether oxygens (including phenoxy) is 1. The number of carbonyl (C=O) groups is 1. The number of methoxy groups -OCH3 is 1. The number of nitrogens with two attached hydrogens (primary N) is 1. The number of nitrogens with zero attached hydrogens (tertiary/aromatic N) is 2. The lowest BCUT2D eigenvalue weighted by atomic mass is 10.2. The van der Waals surface area contributed by atoms with E-state index >= 15 is 0 Å². The Morgan fingerprint density at radius 2 is 2.24 bits per heavy atom. The number of nitrogen functional groups attached to an aromatic ring is 1. The summed E-state index contributed by atoms with van der Waals surface area (Å²) in [7, 11) is 1.57. The molecule has 112 valence electrons. The number of benzene rings is 1. The maximum absolute atomic E-state index is 11.9. The van der Waals surface area contributed by atoms with E-state index in [0.717, 1.165) is 18.7 Å². The summed E-state index contributed by atoms with van der Waals surface area (Å²) in [6.45, 7) is 2.72. The molecule has 0 fully saturated rings. The standard InChI is InChI=1S/C15H20N4O2/c1-11-7-8-17-19(11)9-3-4-15(20)18-14-6-5-12(21-2)10-13(14)16/h5-8,10H,3-4,9,16H2,1-2H3,(H,18,20). The average molecular weight is 288 g/mol. The minimum Gasteiger partial charge on any atom is -0.497 e. The Bertz CT molecular complexity index is 622. The quantitative estimate of drug-likeness (QED) is 0.798. The highest BCUT2D eigenvalue weighted by molar-refractivity contribution is 5.93. The van der Waals surface area contributed by atoms with Gasteiger partial charge in [-0.1, -0.05) is 0 Å². The molecule has 0 bridgehead atoms. The number of hydrogen-bond acceptors (Lipinski definition) is 4. The third kappa shape index (κ3) is 3.98. The molecule has 0 unspecified atom stereocenters. The highest BCUT2D eigenvalue weighted by Crippen LogP contribution is 2.24. The maximum Gasteiger partial charge on any atom is 0.224 e. The van der Waals surface area contributed by atoms with Crippen LogP contribution in [0.4, 0.5) is 11.4 Å². The molecule has 1 amide bonds. The predicted molar refractivity (Wildman–Crippen MR) is 82.2 cm³/mol. The van der Waals surface area contributed by atoms with Crippen molar-refractivity contribution >= 4 is 17.3 Å². The summed E-state index contributed by atoms with van der Waals surface area (Å²) < 4.78 is 6.95. The molecule has 0 radical (unpaired) electrons. The summed E-state index contributed by atoms with van der Waals surface area (Å²) in [5.74, 6) is 0.608. The molecule has 0 spiro atoms. The second kappa shape index (κ2) is 6.78. The molecule has 21 heavy (non-hydrogen) atoms. The molecule has 1 aromatic heterocycles. The SMILES string of the molecule is COc1ccc(NC(=O)CCCn2nccc2C)c(N)c1. The Hall–Kier alpha value is -2.50. The van der Waals surface area contributed by atoms with E-state index in [0.29, 0.717) is 23.5 Å². The zero-order chi connectivity index (χ0) is 15.2. The summed E-state index contributed by atoms with van der Waals surface area (Å²) in [5.41, 5.74) is 8.05. The molecule has 0 saturated carbocycles. The van der Waals surface area contributed by atoms with Crippen LogP contribution in [-0.2, 0) is 11.3 Å². The van der Waals surface area contributed by atoms with Gasteiger partial charge in [0.05, 0.1) is 18.5 Å². The smallest absolute Gasteiger partial charge is 0.224 e. The van der Waals surface area contributed by atoms with Crippen molar-refractivity contribution in [3.05, 3.63) is 36.2 Å². The summed E-state index contributed by atoms with van der Waals surface area (Å²) in [6.07, 6.45) is 2.91. The van der Waals surface area contributed by atoms with Crippen molar-refractivity contribution in [2.45, 2.75) is 26.3 Å². The molecule has 6 heteroatoms. The van der Waals surface area contributed by atoms with Gasteiger partial charge in [0.1, 0.15) is 5.75 Å². The van der Waals surface area contributed by atoms with Crippen molar-refractivity contribution < 1.29 is 9.53 Å². The molecular weight excluding hydrogens is 268 g/mol. The van der Waals surface area contributed by atoms with E-state index in [4.69, 9.17) is 10.5 Å². The fourth-order valence-corrected chi connectivity index (χ4v) is 2.02. The second-order valence-electron chi connectivity index (χ2n) is 4.80. The van der Waals surface area contributed by atoms with Crippen LogP contribution in [0.25, 0.3) is 0 Å². The Balaban J connectivity index is 1.83. The van der Waals surface area contributed by atoms with Crippen LogP contribution in [0.5, 0.6) is 5.75 Å². The van der Waals surface area contributed by atoms with Crippen molar-refractivity contribution in [1.82, 2.24) is 9.78 Å². The maximum atomic E-state index is 11.9. The predicted octanol–water partition coefficient (Wildman–Crippen LogP) is 2.20. The van der Waals surface area contributed by atoms with Crippen LogP contribution >= 0.6 is 0 Å². The van der Waals surface area contributed by atoms with Crippen LogP contribution in [-0.4, -0.2) is 22.8 Å². The zero-order valence-corrected chi connectivity index (χ0v) is 12.3. The van der Waals surface area contributed by atoms with Gasteiger partial charge in [-0.15, -0.1) is 0 Å². The third-order valence-corrected chi connectivity index (χ3v) is 3.24. The van der Waals surface area contributed by atoms with Gasteiger partial charge in [-0.2, -0.15) is 5.10 Å². The minimum atomic E-state index is -0.0586. The van der Waals surface area contributed by atoms with E-state index in [9.17, 15) is 4.79 Å². The van der Waals surface area contributed by atoms with E-state index in [2.05, 4.69) is 10.4 Å². The minimum absolute atomic E-state index is 0.0586. The van der Waals surface area contributed by atoms with Crippen LogP contribution in [0.15, 0.2) is 30.5 Å². The van der Waals surface area contributed by atoms with Crippen molar-refractivity contribution in [2.24, 2.45) is 0 Å². The molecular formula is C15H20N4O2. The van der Waals surface area contributed by atoms with Crippen LogP contribution in [0.2, 0.25) is 0 Å².